The van der Waals surface area contributed by atoms with Crippen LogP contribution in [-0.4, -0.2) is 88.7 Å². The summed E-state index contributed by atoms with van der Waals surface area (Å²) >= 11 is 0. The van der Waals surface area contributed by atoms with E-state index in [1.807, 2.05) is 0 Å². The number of ether oxygens (including phenoxy) is 1. The third-order valence-corrected chi connectivity index (χ3v) is 8.80. The number of likely N-dealkylation sites (tertiary alicyclic amines) is 1. The van der Waals surface area contributed by atoms with Crippen LogP contribution in [-0.2, 0) is 21.2 Å². The highest BCUT2D eigenvalue weighted by Crippen LogP contribution is 2.33. The molecule has 2 fully saturated rings. The first kappa shape index (κ1) is 28.5. The minimum absolute atomic E-state index is 0.0344. The SMILES string of the molecule is CCc1nn(-c2noc(C3CCN(CC4CCCN(S(C)(=O)=O)C4)CC3)n2)c2cccc(OC(=O)C(F)(F)F)c12. The molecule has 2 aliphatic rings. The highest BCUT2D eigenvalue weighted by atomic mass is 32.2. The number of fused-ring (bicyclic) bond motifs is 1. The van der Waals surface area contributed by atoms with Crippen molar-refractivity contribution in [3.63, 3.8) is 0 Å². The van der Waals surface area contributed by atoms with Crippen LogP contribution in [0.2, 0.25) is 0 Å². The average molecular weight is 585 g/mol. The Bertz CT molecular complexity index is 1480. The van der Waals surface area contributed by atoms with Gasteiger partial charge in [-0.05, 0) is 68.4 Å². The predicted octanol–water partition coefficient (Wildman–Crippen LogP) is 3.29. The predicted molar refractivity (Wildman–Crippen MR) is 138 cm³/mol. The molecule has 0 aliphatic carbocycles. The summed E-state index contributed by atoms with van der Waals surface area (Å²) in [7, 11) is -3.18. The molecule has 3 aromatic rings. The van der Waals surface area contributed by atoms with Crippen LogP contribution in [0.1, 0.15) is 50.1 Å². The van der Waals surface area contributed by atoms with Gasteiger partial charge in [0.1, 0.15) is 5.75 Å². The fourth-order valence-corrected chi connectivity index (χ4v) is 6.48. The van der Waals surface area contributed by atoms with Crippen LogP contribution in [0.25, 0.3) is 16.9 Å². The van der Waals surface area contributed by atoms with E-state index in [-0.39, 0.29) is 23.0 Å². The van der Waals surface area contributed by atoms with E-state index >= 15 is 0 Å². The number of carbonyl (C=O) groups excluding carboxylic acids is 1. The van der Waals surface area contributed by atoms with Gasteiger partial charge in [-0.2, -0.15) is 27.9 Å². The van der Waals surface area contributed by atoms with Crippen LogP contribution in [0.15, 0.2) is 22.7 Å². The molecule has 11 nitrogen and oxygen atoms in total. The van der Waals surface area contributed by atoms with Gasteiger partial charge >= 0.3 is 12.1 Å². The van der Waals surface area contributed by atoms with Crippen LogP contribution >= 0.6 is 0 Å². The number of aromatic nitrogens is 4. The summed E-state index contributed by atoms with van der Waals surface area (Å²) in [5.41, 5.74) is 0.819. The Morgan fingerprint density at radius 3 is 2.60 bits per heavy atom. The number of alkyl halides is 3. The van der Waals surface area contributed by atoms with E-state index in [0.717, 1.165) is 45.3 Å². The summed E-state index contributed by atoms with van der Waals surface area (Å²) in [4.78, 5) is 18.4. The van der Waals surface area contributed by atoms with E-state index in [4.69, 9.17) is 4.52 Å². The van der Waals surface area contributed by atoms with Gasteiger partial charge in [-0.1, -0.05) is 13.0 Å². The van der Waals surface area contributed by atoms with Crippen molar-refractivity contribution in [3.05, 3.63) is 29.8 Å². The van der Waals surface area contributed by atoms with Gasteiger partial charge in [0, 0.05) is 25.6 Å². The van der Waals surface area contributed by atoms with Crippen molar-refractivity contribution in [3.8, 4) is 11.7 Å². The lowest BCUT2D eigenvalue weighted by molar-refractivity contribution is -0.189. The molecule has 0 amide bonds. The molecule has 40 heavy (non-hydrogen) atoms. The van der Waals surface area contributed by atoms with Gasteiger partial charge in [-0.25, -0.2) is 17.5 Å². The number of piperidine rings is 2. The number of rotatable bonds is 7. The number of benzene rings is 1. The van der Waals surface area contributed by atoms with Gasteiger partial charge in [0.05, 0.1) is 22.9 Å². The van der Waals surface area contributed by atoms with E-state index in [1.165, 1.54) is 23.1 Å². The Morgan fingerprint density at radius 2 is 1.93 bits per heavy atom. The number of hydrogen-bond donors (Lipinski definition) is 0. The van der Waals surface area contributed by atoms with Crippen molar-refractivity contribution >= 4 is 26.9 Å². The van der Waals surface area contributed by atoms with Crippen molar-refractivity contribution in [2.75, 3.05) is 39.0 Å². The van der Waals surface area contributed by atoms with E-state index in [1.54, 1.807) is 17.3 Å². The number of hydrogen-bond acceptors (Lipinski definition) is 9. The van der Waals surface area contributed by atoms with E-state index in [9.17, 15) is 26.4 Å². The molecule has 1 aromatic carbocycles. The number of sulfonamides is 1. The first-order valence-electron chi connectivity index (χ1n) is 13.2. The largest absolute Gasteiger partial charge is 0.491 e. The minimum atomic E-state index is -5.13. The minimum Gasteiger partial charge on any atom is -0.419 e. The lowest BCUT2D eigenvalue weighted by Gasteiger charge is -2.36. The normalized spacial score (nSPS) is 20.3. The Kier molecular flexibility index (Phi) is 7.90. The standard InChI is InChI=1S/C25H31F3N6O5S/c1-3-18-21-19(7-4-8-20(21)38-23(35)25(26,27)28)34(30-18)24-29-22(39-31-24)17-9-12-32(13-10-17)14-16-6-5-11-33(15-16)40(2,36)37/h4,7-8,16-17H,3,5-6,9-15H2,1-2H3. The Morgan fingerprint density at radius 1 is 1.18 bits per heavy atom. The smallest absolute Gasteiger partial charge is 0.419 e. The first-order valence-corrected chi connectivity index (χ1v) is 15.1. The molecule has 0 saturated carbocycles. The highest BCUT2D eigenvalue weighted by molar-refractivity contribution is 7.88. The molecule has 218 valence electrons. The summed E-state index contributed by atoms with van der Waals surface area (Å²) in [6, 6.07) is 4.40. The van der Waals surface area contributed by atoms with Crippen molar-refractivity contribution in [2.24, 2.45) is 5.92 Å². The fraction of sp³-hybridized carbons (Fsp3) is 0.600. The monoisotopic (exact) mass is 584 g/mol. The van der Waals surface area contributed by atoms with Gasteiger partial charge < -0.3 is 14.2 Å². The number of nitrogens with zero attached hydrogens (tertiary/aromatic N) is 6. The zero-order valence-electron chi connectivity index (χ0n) is 22.2. The molecule has 2 saturated heterocycles. The van der Waals surface area contributed by atoms with E-state index < -0.39 is 22.2 Å². The second-order valence-corrected chi connectivity index (χ2v) is 12.4. The maximum absolute atomic E-state index is 12.8. The van der Waals surface area contributed by atoms with Crippen molar-refractivity contribution in [2.45, 2.75) is 51.1 Å². The highest BCUT2D eigenvalue weighted by Gasteiger charge is 2.42. The van der Waals surface area contributed by atoms with E-state index in [0.29, 0.717) is 42.5 Å². The third kappa shape index (κ3) is 6.00. The van der Waals surface area contributed by atoms with Gasteiger partial charge in [0.25, 0.3) is 5.95 Å². The van der Waals surface area contributed by atoms with Crippen LogP contribution in [0.4, 0.5) is 13.2 Å². The van der Waals surface area contributed by atoms with E-state index in [2.05, 4.69) is 24.9 Å². The second kappa shape index (κ2) is 11.1. The molecule has 1 unspecified atom stereocenters. The number of carbonyl (C=O) groups is 1. The summed E-state index contributed by atoms with van der Waals surface area (Å²) in [5.74, 6) is -1.61. The summed E-state index contributed by atoms with van der Waals surface area (Å²) in [5, 5.41) is 8.83. The molecule has 1 atom stereocenters. The van der Waals surface area contributed by atoms with Crippen molar-refractivity contribution < 1.29 is 35.6 Å². The van der Waals surface area contributed by atoms with Gasteiger partial charge in [0.2, 0.25) is 15.9 Å². The average Bonchev–Trinajstić information content (AvgIpc) is 3.54. The fourth-order valence-electron chi connectivity index (χ4n) is 5.54. The molecule has 5 rings (SSSR count). The van der Waals surface area contributed by atoms with Crippen LogP contribution < -0.4 is 4.74 Å². The van der Waals surface area contributed by atoms with Gasteiger partial charge in [-0.3, -0.25) is 0 Å². The molecule has 4 heterocycles. The van der Waals surface area contributed by atoms with Crippen LogP contribution in [0, 0.1) is 5.92 Å². The van der Waals surface area contributed by atoms with Gasteiger partial charge in [-0.15, -0.1) is 0 Å². The quantitative estimate of drug-likeness (QED) is 0.304. The molecule has 0 spiro atoms. The number of halogens is 3. The molecule has 15 heteroatoms. The first-order chi connectivity index (χ1) is 18.9. The van der Waals surface area contributed by atoms with Crippen LogP contribution in [0.5, 0.6) is 5.75 Å². The molecule has 0 bridgehead atoms. The lowest BCUT2D eigenvalue weighted by Crippen LogP contribution is -2.44. The zero-order valence-corrected chi connectivity index (χ0v) is 23.0. The molecular weight excluding hydrogens is 553 g/mol. The molecular formula is C25H31F3N6O5S. The second-order valence-electron chi connectivity index (χ2n) is 10.4. The summed E-state index contributed by atoms with van der Waals surface area (Å²) in [6.07, 6.45) is -0.0355. The summed E-state index contributed by atoms with van der Waals surface area (Å²) in [6.45, 7) is 5.40. The molecule has 0 radical (unpaired) electrons. The molecule has 2 aromatic heterocycles. The maximum Gasteiger partial charge on any atom is 0.491 e. The number of aryl methyl sites for hydroxylation is 1. The Hall–Kier alpha value is -3.04. The van der Waals surface area contributed by atoms with Gasteiger partial charge in [0.15, 0.2) is 0 Å². The molecule has 2 aliphatic heterocycles. The Balaban J connectivity index is 1.27. The molecule has 0 N–H and O–H groups in total. The number of esters is 1. The Labute approximate surface area is 229 Å². The van der Waals surface area contributed by atoms with Crippen LogP contribution in [0.3, 0.4) is 0 Å². The summed E-state index contributed by atoms with van der Waals surface area (Å²) < 4.78 is 75.5. The third-order valence-electron chi connectivity index (χ3n) is 7.54. The van der Waals surface area contributed by atoms with Crippen molar-refractivity contribution in [1.29, 1.82) is 0 Å². The lowest BCUT2D eigenvalue weighted by atomic mass is 9.94. The van der Waals surface area contributed by atoms with Crippen molar-refractivity contribution in [1.82, 2.24) is 29.1 Å². The maximum atomic E-state index is 12.8. The topological polar surface area (TPSA) is 124 Å². The zero-order chi connectivity index (χ0) is 28.7.